The van der Waals surface area contributed by atoms with Crippen LogP contribution in [0.15, 0.2) is 0 Å². The van der Waals surface area contributed by atoms with Gasteiger partial charge < -0.3 is 14.2 Å². The molecule has 70 valence electrons. The van der Waals surface area contributed by atoms with Crippen LogP contribution in [0.25, 0.3) is 0 Å². The van der Waals surface area contributed by atoms with Crippen LogP contribution in [0.4, 0.5) is 4.79 Å². The molecule has 0 bridgehead atoms. The van der Waals surface area contributed by atoms with E-state index in [1.807, 2.05) is 0 Å². The first-order valence-corrected chi connectivity index (χ1v) is 4.27. The highest BCUT2D eigenvalue weighted by atomic mass is 16.7. The lowest BCUT2D eigenvalue weighted by Crippen LogP contribution is -2.09. The molecule has 0 spiro atoms. The van der Waals surface area contributed by atoms with Crippen molar-refractivity contribution in [2.75, 3.05) is 26.4 Å². The van der Waals surface area contributed by atoms with Crippen LogP contribution >= 0.6 is 0 Å². The highest BCUT2D eigenvalue weighted by Gasteiger charge is 2.04. The maximum atomic E-state index is 10.7. The molecule has 1 fully saturated rings. The Morgan fingerprint density at radius 1 is 0.833 bits per heavy atom. The van der Waals surface area contributed by atoms with E-state index in [-0.39, 0.29) is 0 Å². The second kappa shape index (κ2) is 5.83. The summed E-state index contributed by atoms with van der Waals surface area (Å²) < 4.78 is 14.7. The van der Waals surface area contributed by atoms with Crippen molar-refractivity contribution in [2.24, 2.45) is 0 Å². The van der Waals surface area contributed by atoms with Gasteiger partial charge in [0, 0.05) is 19.6 Å². The SMILES string of the molecule is O=C1OCCCCOCCCO1. The molecule has 0 aliphatic carbocycles. The fourth-order valence-electron chi connectivity index (χ4n) is 0.922. The van der Waals surface area contributed by atoms with Crippen molar-refractivity contribution in [1.29, 1.82) is 0 Å². The van der Waals surface area contributed by atoms with Gasteiger partial charge in [-0.3, -0.25) is 0 Å². The topological polar surface area (TPSA) is 44.8 Å². The molecule has 0 radical (unpaired) electrons. The Morgan fingerprint density at radius 3 is 2.25 bits per heavy atom. The van der Waals surface area contributed by atoms with Gasteiger partial charge in [-0.15, -0.1) is 0 Å². The highest BCUT2D eigenvalue weighted by Crippen LogP contribution is 1.97. The third-order valence-corrected chi connectivity index (χ3v) is 1.56. The number of carbonyl (C=O) groups excluding carboxylic acids is 1. The molecule has 0 unspecified atom stereocenters. The first-order valence-electron chi connectivity index (χ1n) is 4.27. The largest absolute Gasteiger partial charge is 0.508 e. The Balaban J connectivity index is 2.17. The summed E-state index contributed by atoms with van der Waals surface area (Å²) in [5.41, 5.74) is 0. The minimum atomic E-state index is -0.558. The van der Waals surface area contributed by atoms with E-state index in [0.717, 1.165) is 25.9 Å². The summed E-state index contributed by atoms with van der Waals surface area (Å²) in [6.45, 7) is 2.23. The smallest absolute Gasteiger partial charge is 0.434 e. The quantitative estimate of drug-likeness (QED) is 0.520. The fraction of sp³-hybridized carbons (Fsp3) is 0.875. The predicted molar refractivity (Wildman–Crippen MR) is 42.0 cm³/mol. The molecule has 12 heavy (non-hydrogen) atoms. The normalized spacial score (nSPS) is 21.8. The zero-order valence-corrected chi connectivity index (χ0v) is 7.08. The summed E-state index contributed by atoms with van der Waals surface area (Å²) in [6, 6.07) is 0. The number of rotatable bonds is 0. The standard InChI is InChI=1S/C8H14O4/c9-8-11-6-2-1-4-10-5-3-7-12-8/h1-7H2. The molecule has 0 aromatic heterocycles. The van der Waals surface area contributed by atoms with Crippen LogP contribution in [-0.4, -0.2) is 32.6 Å². The molecule has 0 saturated carbocycles. The van der Waals surface area contributed by atoms with Crippen molar-refractivity contribution >= 4 is 6.16 Å². The van der Waals surface area contributed by atoms with Gasteiger partial charge in [0.15, 0.2) is 0 Å². The van der Waals surface area contributed by atoms with Crippen molar-refractivity contribution in [3.8, 4) is 0 Å². The highest BCUT2D eigenvalue weighted by molar-refractivity contribution is 5.59. The van der Waals surface area contributed by atoms with Crippen LogP contribution in [-0.2, 0) is 14.2 Å². The molecule has 1 heterocycles. The zero-order valence-electron chi connectivity index (χ0n) is 7.08. The fourth-order valence-corrected chi connectivity index (χ4v) is 0.922. The number of hydrogen-bond donors (Lipinski definition) is 0. The summed E-state index contributed by atoms with van der Waals surface area (Å²) in [5.74, 6) is 0. The number of cyclic esters (lactones) is 2. The van der Waals surface area contributed by atoms with E-state index in [4.69, 9.17) is 14.2 Å². The zero-order chi connectivity index (χ0) is 8.65. The first-order chi connectivity index (χ1) is 5.89. The lowest BCUT2D eigenvalue weighted by molar-refractivity contribution is 0.0522. The molecular weight excluding hydrogens is 160 g/mol. The van der Waals surface area contributed by atoms with E-state index in [2.05, 4.69) is 0 Å². The predicted octanol–water partition coefficient (Wildman–Crippen LogP) is 1.34. The van der Waals surface area contributed by atoms with Gasteiger partial charge in [0.25, 0.3) is 0 Å². The minimum absolute atomic E-state index is 0.388. The van der Waals surface area contributed by atoms with Gasteiger partial charge in [-0.1, -0.05) is 0 Å². The first kappa shape index (κ1) is 9.32. The number of ether oxygens (including phenoxy) is 3. The average molecular weight is 174 g/mol. The lowest BCUT2D eigenvalue weighted by Gasteiger charge is -2.02. The molecule has 0 atom stereocenters. The van der Waals surface area contributed by atoms with Crippen LogP contribution in [0.3, 0.4) is 0 Å². The molecule has 1 aliphatic rings. The van der Waals surface area contributed by atoms with E-state index < -0.39 is 6.16 Å². The van der Waals surface area contributed by atoms with Crippen LogP contribution in [0.5, 0.6) is 0 Å². The van der Waals surface area contributed by atoms with Crippen LogP contribution in [0, 0.1) is 0 Å². The molecule has 4 heteroatoms. The summed E-state index contributed by atoms with van der Waals surface area (Å²) in [6.07, 6.45) is 1.97. The molecule has 0 amide bonds. The Kier molecular flexibility index (Phi) is 4.52. The molecular formula is C8H14O4. The van der Waals surface area contributed by atoms with Gasteiger partial charge >= 0.3 is 6.16 Å². The third-order valence-electron chi connectivity index (χ3n) is 1.56. The van der Waals surface area contributed by atoms with Crippen LogP contribution < -0.4 is 0 Å². The van der Waals surface area contributed by atoms with Gasteiger partial charge in [-0.25, -0.2) is 4.79 Å². The van der Waals surface area contributed by atoms with Crippen molar-refractivity contribution in [3.63, 3.8) is 0 Å². The van der Waals surface area contributed by atoms with Gasteiger partial charge in [-0.05, 0) is 12.8 Å². The third kappa shape index (κ3) is 4.18. The molecule has 4 nitrogen and oxygen atoms in total. The van der Waals surface area contributed by atoms with Crippen molar-refractivity contribution in [2.45, 2.75) is 19.3 Å². The Hall–Kier alpha value is -0.770. The lowest BCUT2D eigenvalue weighted by atomic mass is 10.3. The number of hydrogen-bond acceptors (Lipinski definition) is 4. The molecule has 0 N–H and O–H groups in total. The van der Waals surface area contributed by atoms with Gasteiger partial charge in [0.2, 0.25) is 0 Å². The van der Waals surface area contributed by atoms with E-state index in [9.17, 15) is 4.79 Å². The van der Waals surface area contributed by atoms with E-state index in [1.54, 1.807) is 0 Å². The van der Waals surface area contributed by atoms with Gasteiger partial charge in [0.05, 0.1) is 13.2 Å². The van der Waals surface area contributed by atoms with Gasteiger partial charge in [0.1, 0.15) is 0 Å². The Labute approximate surface area is 71.8 Å². The molecule has 1 saturated heterocycles. The van der Waals surface area contributed by atoms with E-state index in [0.29, 0.717) is 19.8 Å². The van der Waals surface area contributed by atoms with Crippen LogP contribution in [0.2, 0.25) is 0 Å². The second-order valence-corrected chi connectivity index (χ2v) is 2.62. The van der Waals surface area contributed by atoms with E-state index >= 15 is 0 Å². The Morgan fingerprint density at radius 2 is 1.42 bits per heavy atom. The molecule has 0 aromatic carbocycles. The summed E-state index contributed by atoms with van der Waals surface area (Å²) in [5, 5.41) is 0. The van der Waals surface area contributed by atoms with Crippen molar-refractivity contribution < 1.29 is 19.0 Å². The molecule has 1 rings (SSSR count). The molecule has 0 aromatic rings. The van der Waals surface area contributed by atoms with Crippen molar-refractivity contribution in [1.82, 2.24) is 0 Å². The van der Waals surface area contributed by atoms with Gasteiger partial charge in [-0.2, -0.15) is 0 Å². The summed E-state index contributed by atoms with van der Waals surface area (Å²) in [4.78, 5) is 10.7. The summed E-state index contributed by atoms with van der Waals surface area (Å²) >= 11 is 0. The average Bonchev–Trinajstić information content (AvgIpc) is 2.11. The number of carbonyl (C=O) groups is 1. The second-order valence-electron chi connectivity index (χ2n) is 2.62. The minimum Gasteiger partial charge on any atom is -0.434 e. The Bertz CT molecular complexity index is 121. The molecule has 1 aliphatic heterocycles. The van der Waals surface area contributed by atoms with Crippen molar-refractivity contribution in [3.05, 3.63) is 0 Å². The van der Waals surface area contributed by atoms with E-state index in [1.165, 1.54) is 0 Å². The maximum absolute atomic E-state index is 10.7. The summed E-state index contributed by atoms with van der Waals surface area (Å²) in [7, 11) is 0. The monoisotopic (exact) mass is 174 g/mol. The maximum Gasteiger partial charge on any atom is 0.508 e. The van der Waals surface area contributed by atoms with Crippen LogP contribution in [0.1, 0.15) is 19.3 Å².